The Bertz CT molecular complexity index is 1620. The number of rotatable bonds is 6. The molecule has 0 amide bonds. The van der Waals surface area contributed by atoms with Crippen molar-refractivity contribution in [2.24, 2.45) is 0 Å². The summed E-state index contributed by atoms with van der Waals surface area (Å²) in [4.78, 5) is 30.9. The topological polar surface area (TPSA) is 92.2 Å². The van der Waals surface area contributed by atoms with E-state index in [1.54, 1.807) is 35.7 Å². The van der Waals surface area contributed by atoms with Crippen LogP contribution >= 0.6 is 22.9 Å². The standard InChI is InChI=1S/C23H16ClFN4O4S/c1-2-32-15-6-4-14(5-7-15)29-22(30)20-18(9-10-34-20)28(23(29)31)12-19-26-21(27-33-19)13-3-8-17(25)16(24)11-13/h3-11H,2,12H2,1H3. The summed E-state index contributed by atoms with van der Waals surface area (Å²) in [6, 6.07) is 12.5. The highest BCUT2D eigenvalue weighted by Crippen LogP contribution is 2.23. The number of aromatic nitrogens is 4. The van der Waals surface area contributed by atoms with Crippen molar-refractivity contribution in [2.75, 3.05) is 6.61 Å². The zero-order valence-electron chi connectivity index (χ0n) is 17.7. The minimum absolute atomic E-state index is 0.0642. The molecule has 0 spiro atoms. The SMILES string of the molecule is CCOc1ccc(-n2c(=O)c3sccc3n(Cc3nc(-c4ccc(F)c(Cl)c4)no3)c2=O)cc1. The normalized spacial score (nSPS) is 11.3. The molecule has 0 unspecified atom stereocenters. The molecular formula is C23H16ClFN4O4S. The van der Waals surface area contributed by atoms with E-state index in [0.29, 0.717) is 33.8 Å². The summed E-state index contributed by atoms with van der Waals surface area (Å²) in [6.45, 7) is 2.31. The van der Waals surface area contributed by atoms with Crippen molar-refractivity contribution in [1.82, 2.24) is 19.3 Å². The molecule has 0 aliphatic heterocycles. The average molecular weight is 499 g/mol. The first-order chi connectivity index (χ1) is 16.5. The van der Waals surface area contributed by atoms with Gasteiger partial charge in [-0.2, -0.15) is 4.98 Å². The summed E-state index contributed by atoms with van der Waals surface area (Å²) in [6.07, 6.45) is 0. The second-order valence-corrected chi connectivity index (χ2v) is 8.54. The van der Waals surface area contributed by atoms with Crippen molar-refractivity contribution in [3.63, 3.8) is 0 Å². The van der Waals surface area contributed by atoms with E-state index in [0.717, 1.165) is 4.57 Å². The Kier molecular flexibility index (Phi) is 5.76. The highest BCUT2D eigenvalue weighted by atomic mass is 35.5. The summed E-state index contributed by atoms with van der Waals surface area (Å²) >= 11 is 7.08. The highest BCUT2D eigenvalue weighted by Gasteiger charge is 2.18. The van der Waals surface area contributed by atoms with Crippen LogP contribution in [0.2, 0.25) is 5.02 Å². The van der Waals surface area contributed by atoms with E-state index in [2.05, 4.69) is 10.1 Å². The maximum atomic E-state index is 13.5. The Morgan fingerprint density at radius 3 is 2.68 bits per heavy atom. The van der Waals surface area contributed by atoms with Crippen molar-refractivity contribution >= 4 is 33.2 Å². The van der Waals surface area contributed by atoms with Crippen LogP contribution in [0.15, 0.2) is 68.0 Å². The van der Waals surface area contributed by atoms with Crippen LogP contribution in [-0.2, 0) is 6.54 Å². The van der Waals surface area contributed by atoms with Gasteiger partial charge in [0.1, 0.15) is 22.8 Å². The van der Waals surface area contributed by atoms with Gasteiger partial charge in [0, 0.05) is 5.56 Å². The lowest BCUT2D eigenvalue weighted by Gasteiger charge is -2.11. The van der Waals surface area contributed by atoms with E-state index in [-0.39, 0.29) is 23.3 Å². The van der Waals surface area contributed by atoms with E-state index >= 15 is 0 Å². The molecule has 0 bridgehead atoms. The molecule has 34 heavy (non-hydrogen) atoms. The van der Waals surface area contributed by atoms with Gasteiger partial charge >= 0.3 is 5.69 Å². The molecule has 0 radical (unpaired) electrons. The molecule has 11 heteroatoms. The molecule has 0 saturated heterocycles. The van der Waals surface area contributed by atoms with Crippen molar-refractivity contribution in [3.8, 4) is 22.8 Å². The lowest BCUT2D eigenvalue weighted by molar-refractivity contribution is 0.340. The van der Waals surface area contributed by atoms with Crippen molar-refractivity contribution in [2.45, 2.75) is 13.5 Å². The van der Waals surface area contributed by atoms with Crippen molar-refractivity contribution in [1.29, 1.82) is 0 Å². The fourth-order valence-electron chi connectivity index (χ4n) is 3.53. The predicted octanol–water partition coefficient (Wildman–Crippen LogP) is 4.50. The monoisotopic (exact) mass is 498 g/mol. The fourth-order valence-corrected chi connectivity index (χ4v) is 4.54. The third-order valence-electron chi connectivity index (χ3n) is 5.10. The van der Waals surface area contributed by atoms with Gasteiger partial charge in [-0.25, -0.2) is 13.8 Å². The molecule has 5 rings (SSSR count). The van der Waals surface area contributed by atoms with Crippen LogP contribution in [-0.4, -0.2) is 25.9 Å². The predicted molar refractivity (Wildman–Crippen MR) is 127 cm³/mol. The van der Waals surface area contributed by atoms with Crippen LogP contribution in [0.3, 0.4) is 0 Å². The van der Waals surface area contributed by atoms with Crippen LogP contribution in [0.25, 0.3) is 27.3 Å². The molecule has 5 aromatic rings. The maximum absolute atomic E-state index is 13.5. The average Bonchev–Trinajstić information content (AvgIpc) is 3.50. The van der Waals surface area contributed by atoms with E-state index in [1.165, 1.54) is 34.1 Å². The first-order valence-electron chi connectivity index (χ1n) is 10.2. The summed E-state index contributed by atoms with van der Waals surface area (Å²) in [5, 5.41) is 5.59. The van der Waals surface area contributed by atoms with Gasteiger partial charge in [0.05, 0.1) is 22.8 Å². The van der Waals surface area contributed by atoms with Gasteiger partial charge in [0.25, 0.3) is 5.56 Å². The maximum Gasteiger partial charge on any atom is 0.336 e. The van der Waals surface area contributed by atoms with Gasteiger partial charge < -0.3 is 9.26 Å². The van der Waals surface area contributed by atoms with Crippen molar-refractivity contribution in [3.05, 3.63) is 91.5 Å². The Morgan fingerprint density at radius 1 is 1.15 bits per heavy atom. The zero-order valence-corrected chi connectivity index (χ0v) is 19.3. The first-order valence-corrected chi connectivity index (χ1v) is 11.5. The molecule has 3 aromatic heterocycles. The third-order valence-corrected chi connectivity index (χ3v) is 6.28. The van der Waals surface area contributed by atoms with Gasteiger partial charge in [-0.1, -0.05) is 16.8 Å². The second-order valence-electron chi connectivity index (χ2n) is 7.21. The van der Waals surface area contributed by atoms with Gasteiger partial charge in [-0.3, -0.25) is 9.36 Å². The molecule has 3 heterocycles. The van der Waals surface area contributed by atoms with Gasteiger partial charge in [0.2, 0.25) is 11.7 Å². The van der Waals surface area contributed by atoms with Crippen LogP contribution in [0.1, 0.15) is 12.8 Å². The Morgan fingerprint density at radius 2 is 1.94 bits per heavy atom. The Balaban J connectivity index is 1.57. The van der Waals surface area contributed by atoms with Gasteiger partial charge in [0.15, 0.2) is 0 Å². The zero-order chi connectivity index (χ0) is 23.8. The summed E-state index contributed by atoms with van der Waals surface area (Å²) < 4.78 is 27.2. The number of thiophene rings is 1. The van der Waals surface area contributed by atoms with Crippen LogP contribution in [0.4, 0.5) is 4.39 Å². The molecule has 0 aliphatic rings. The summed E-state index contributed by atoms with van der Waals surface area (Å²) in [5.41, 5.74) is 0.377. The van der Waals surface area contributed by atoms with Crippen molar-refractivity contribution < 1.29 is 13.7 Å². The summed E-state index contributed by atoms with van der Waals surface area (Å²) in [5.74, 6) is 0.418. The van der Waals surface area contributed by atoms with E-state index in [4.69, 9.17) is 20.9 Å². The molecule has 0 atom stereocenters. The smallest absolute Gasteiger partial charge is 0.336 e. The molecule has 0 fully saturated rings. The molecule has 172 valence electrons. The molecule has 0 N–H and O–H groups in total. The molecule has 8 nitrogen and oxygen atoms in total. The Labute approximate surface area is 200 Å². The minimum Gasteiger partial charge on any atom is -0.494 e. The number of fused-ring (bicyclic) bond motifs is 1. The number of hydrogen-bond acceptors (Lipinski definition) is 7. The molecular weight excluding hydrogens is 483 g/mol. The number of benzene rings is 2. The fraction of sp³-hybridized carbons (Fsp3) is 0.130. The molecule has 0 aliphatic carbocycles. The first kappa shape index (κ1) is 22.1. The third kappa shape index (κ3) is 3.91. The number of halogens is 2. The van der Waals surface area contributed by atoms with Crippen LogP contribution < -0.4 is 16.0 Å². The highest BCUT2D eigenvalue weighted by molar-refractivity contribution is 7.17. The van der Waals surface area contributed by atoms with Gasteiger partial charge in [-0.15, -0.1) is 11.3 Å². The van der Waals surface area contributed by atoms with E-state index < -0.39 is 17.1 Å². The number of ether oxygens (including phenoxy) is 1. The largest absolute Gasteiger partial charge is 0.494 e. The lowest BCUT2D eigenvalue weighted by Crippen LogP contribution is -2.38. The van der Waals surface area contributed by atoms with Crippen LogP contribution in [0, 0.1) is 5.82 Å². The van der Waals surface area contributed by atoms with Gasteiger partial charge in [-0.05, 0) is 60.8 Å². The minimum atomic E-state index is -0.558. The second kappa shape index (κ2) is 8.88. The molecule has 2 aromatic carbocycles. The number of hydrogen-bond donors (Lipinski definition) is 0. The van der Waals surface area contributed by atoms with Crippen LogP contribution in [0.5, 0.6) is 5.75 Å². The summed E-state index contributed by atoms with van der Waals surface area (Å²) in [7, 11) is 0. The lowest BCUT2D eigenvalue weighted by atomic mass is 10.2. The Hall–Kier alpha value is -3.76. The van der Waals surface area contributed by atoms with E-state index in [9.17, 15) is 14.0 Å². The van der Waals surface area contributed by atoms with E-state index in [1.807, 2.05) is 6.92 Å². The number of nitrogens with zero attached hydrogens (tertiary/aromatic N) is 4. The quantitative estimate of drug-likeness (QED) is 0.342. The molecule has 0 saturated carbocycles.